The molecule has 0 radical (unpaired) electrons. The summed E-state index contributed by atoms with van der Waals surface area (Å²) >= 11 is 0. The number of amides is 1. The van der Waals surface area contributed by atoms with E-state index >= 15 is 0 Å². The largest absolute Gasteiger partial charge is 0.376 e. The molecule has 0 aromatic heterocycles. The molecular formula is C21H27N3O3S. The molecule has 7 heteroatoms. The first-order chi connectivity index (χ1) is 13.4. The van der Waals surface area contributed by atoms with E-state index in [1.807, 2.05) is 31.2 Å². The number of nitrogens with one attached hydrogen (secondary N) is 2. The lowest BCUT2D eigenvalue weighted by molar-refractivity contribution is -0.114. The first-order valence-corrected chi connectivity index (χ1v) is 11.1. The Bertz CT molecular complexity index is 903. The smallest absolute Gasteiger partial charge is 0.243 e. The van der Waals surface area contributed by atoms with Gasteiger partial charge in [-0.2, -0.15) is 4.31 Å². The Hall–Kier alpha value is -2.38. The molecule has 1 aliphatic heterocycles. The van der Waals surface area contributed by atoms with Gasteiger partial charge in [0.05, 0.1) is 11.4 Å². The topological polar surface area (TPSA) is 78.5 Å². The van der Waals surface area contributed by atoms with Gasteiger partial charge >= 0.3 is 0 Å². The second kappa shape index (κ2) is 9.21. The highest BCUT2D eigenvalue weighted by atomic mass is 32.2. The molecule has 1 saturated heterocycles. The maximum absolute atomic E-state index is 12.9. The summed E-state index contributed by atoms with van der Waals surface area (Å²) in [5.74, 6) is -0.190. The van der Waals surface area contributed by atoms with Crippen LogP contribution < -0.4 is 10.6 Å². The molecule has 1 heterocycles. The minimum absolute atomic E-state index is 0.0566. The second-order valence-electron chi connectivity index (χ2n) is 7.11. The highest BCUT2D eigenvalue weighted by Crippen LogP contribution is 2.22. The summed E-state index contributed by atoms with van der Waals surface area (Å²) in [6.07, 6.45) is 3.94. The van der Waals surface area contributed by atoms with Gasteiger partial charge in [-0.15, -0.1) is 0 Å². The number of carbonyl (C=O) groups is 1. The number of anilines is 2. The Kier molecular flexibility index (Phi) is 6.70. The van der Waals surface area contributed by atoms with E-state index in [4.69, 9.17) is 0 Å². The van der Waals surface area contributed by atoms with Crippen LogP contribution in [-0.4, -0.2) is 38.3 Å². The molecule has 0 spiro atoms. The van der Waals surface area contributed by atoms with Crippen LogP contribution >= 0.6 is 0 Å². The number of hydrogen-bond acceptors (Lipinski definition) is 4. The Morgan fingerprint density at radius 1 is 0.964 bits per heavy atom. The third-order valence-electron chi connectivity index (χ3n) is 4.83. The summed E-state index contributed by atoms with van der Waals surface area (Å²) in [6.45, 7) is 3.18. The highest BCUT2D eigenvalue weighted by molar-refractivity contribution is 7.89. The van der Waals surface area contributed by atoms with E-state index in [9.17, 15) is 13.2 Å². The molecule has 0 saturated carbocycles. The zero-order valence-corrected chi connectivity index (χ0v) is 17.0. The molecule has 0 atom stereocenters. The summed E-state index contributed by atoms with van der Waals surface area (Å²) in [6, 6.07) is 14.2. The highest BCUT2D eigenvalue weighted by Gasteiger charge is 2.25. The third kappa shape index (κ3) is 5.33. The van der Waals surface area contributed by atoms with Gasteiger partial charge in [0.15, 0.2) is 0 Å². The van der Waals surface area contributed by atoms with Gasteiger partial charge in [0, 0.05) is 24.5 Å². The van der Waals surface area contributed by atoms with E-state index in [1.165, 1.54) is 0 Å². The van der Waals surface area contributed by atoms with Gasteiger partial charge in [-0.05, 0) is 50.1 Å². The number of aryl methyl sites for hydroxylation is 1. The van der Waals surface area contributed by atoms with Crippen LogP contribution in [0.5, 0.6) is 0 Å². The van der Waals surface area contributed by atoms with Crippen molar-refractivity contribution < 1.29 is 13.2 Å². The van der Waals surface area contributed by atoms with Crippen molar-refractivity contribution in [3.05, 3.63) is 54.1 Å². The minimum Gasteiger partial charge on any atom is -0.376 e. The SMILES string of the molecule is Cc1ccc(NC(=O)CNc2cccc(S(=O)(=O)N3CCCCCC3)c2)cc1. The molecule has 2 aromatic carbocycles. The van der Waals surface area contributed by atoms with Crippen LogP contribution in [-0.2, 0) is 14.8 Å². The van der Waals surface area contributed by atoms with E-state index in [1.54, 1.807) is 28.6 Å². The van der Waals surface area contributed by atoms with Crippen LogP contribution in [0.15, 0.2) is 53.4 Å². The number of benzene rings is 2. The van der Waals surface area contributed by atoms with Crippen LogP contribution in [0.2, 0.25) is 0 Å². The molecule has 0 bridgehead atoms. The third-order valence-corrected chi connectivity index (χ3v) is 6.72. The minimum atomic E-state index is -3.51. The van der Waals surface area contributed by atoms with E-state index in [-0.39, 0.29) is 17.3 Å². The van der Waals surface area contributed by atoms with Crippen LogP contribution in [0.4, 0.5) is 11.4 Å². The molecule has 2 N–H and O–H groups in total. The van der Waals surface area contributed by atoms with Gasteiger partial charge in [-0.25, -0.2) is 8.42 Å². The Morgan fingerprint density at radius 2 is 1.64 bits per heavy atom. The zero-order valence-electron chi connectivity index (χ0n) is 16.1. The quantitative estimate of drug-likeness (QED) is 0.775. The van der Waals surface area contributed by atoms with Crippen LogP contribution in [0.25, 0.3) is 0 Å². The lowest BCUT2D eigenvalue weighted by Crippen LogP contribution is -2.32. The standard InChI is InChI=1S/C21H27N3O3S/c1-17-9-11-18(12-10-17)23-21(25)16-22-19-7-6-8-20(15-19)28(26,27)24-13-4-2-3-5-14-24/h6-12,15,22H,2-5,13-14,16H2,1H3,(H,23,25). The Morgan fingerprint density at radius 3 is 2.32 bits per heavy atom. The predicted octanol–water partition coefficient (Wildman–Crippen LogP) is 3.61. The van der Waals surface area contributed by atoms with Crippen molar-refractivity contribution in [3.63, 3.8) is 0 Å². The van der Waals surface area contributed by atoms with Crippen LogP contribution in [0.3, 0.4) is 0 Å². The van der Waals surface area contributed by atoms with Gasteiger partial charge in [0.25, 0.3) is 0 Å². The van der Waals surface area contributed by atoms with E-state index in [0.717, 1.165) is 36.9 Å². The first kappa shape index (κ1) is 20.4. The van der Waals surface area contributed by atoms with Gasteiger partial charge < -0.3 is 10.6 Å². The van der Waals surface area contributed by atoms with Crippen molar-refractivity contribution in [1.82, 2.24) is 4.31 Å². The van der Waals surface area contributed by atoms with E-state index in [2.05, 4.69) is 10.6 Å². The lowest BCUT2D eigenvalue weighted by Gasteiger charge is -2.20. The van der Waals surface area contributed by atoms with Crippen molar-refractivity contribution in [3.8, 4) is 0 Å². The fourth-order valence-corrected chi connectivity index (χ4v) is 4.79. The molecule has 3 rings (SSSR count). The van der Waals surface area contributed by atoms with Crippen molar-refractivity contribution in [2.75, 3.05) is 30.3 Å². The van der Waals surface area contributed by atoms with Gasteiger partial charge in [-0.3, -0.25) is 4.79 Å². The van der Waals surface area contributed by atoms with E-state index < -0.39 is 10.0 Å². The molecular weight excluding hydrogens is 374 g/mol. The molecule has 2 aromatic rings. The number of hydrogen-bond donors (Lipinski definition) is 2. The van der Waals surface area contributed by atoms with Crippen molar-refractivity contribution in [2.45, 2.75) is 37.5 Å². The average molecular weight is 402 g/mol. The number of rotatable bonds is 6. The first-order valence-electron chi connectivity index (χ1n) is 9.66. The maximum Gasteiger partial charge on any atom is 0.243 e. The summed E-state index contributed by atoms with van der Waals surface area (Å²) < 4.78 is 27.4. The molecule has 1 aliphatic rings. The summed E-state index contributed by atoms with van der Waals surface area (Å²) in [5, 5.41) is 5.82. The fraction of sp³-hybridized carbons (Fsp3) is 0.381. The predicted molar refractivity (Wildman–Crippen MR) is 112 cm³/mol. The van der Waals surface area contributed by atoms with Crippen LogP contribution in [0.1, 0.15) is 31.2 Å². The van der Waals surface area contributed by atoms with Crippen molar-refractivity contribution in [1.29, 1.82) is 0 Å². The molecule has 28 heavy (non-hydrogen) atoms. The normalized spacial score (nSPS) is 15.6. The summed E-state index contributed by atoms with van der Waals surface area (Å²) in [5.41, 5.74) is 2.46. The monoisotopic (exact) mass is 401 g/mol. The van der Waals surface area contributed by atoms with E-state index in [0.29, 0.717) is 18.8 Å². The number of nitrogens with zero attached hydrogens (tertiary/aromatic N) is 1. The number of sulfonamides is 1. The molecule has 0 unspecified atom stereocenters. The van der Waals surface area contributed by atoms with Crippen LogP contribution in [0, 0.1) is 6.92 Å². The zero-order chi connectivity index (χ0) is 20.0. The molecule has 150 valence electrons. The van der Waals surface area contributed by atoms with Crippen molar-refractivity contribution >= 4 is 27.3 Å². The van der Waals surface area contributed by atoms with Gasteiger partial charge in [0.1, 0.15) is 0 Å². The summed E-state index contributed by atoms with van der Waals surface area (Å²) in [4.78, 5) is 12.4. The second-order valence-corrected chi connectivity index (χ2v) is 9.05. The van der Waals surface area contributed by atoms with Gasteiger partial charge in [0.2, 0.25) is 15.9 Å². The average Bonchev–Trinajstić information content (AvgIpc) is 2.99. The number of carbonyl (C=O) groups excluding carboxylic acids is 1. The van der Waals surface area contributed by atoms with Gasteiger partial charge in [-0.1, -0.05) is 36.6 Å². The molecule has 1 amide bonds. The van der Waals surface area contributed by atoms with Crippen molar-refractivity contribution in [2.24, 2.45) is 0 Å². The fourth-order valence-electron chi connectivity index (χ4n) is 3.22. The molecule has 0 aliphatic carbocycles. The molecule has 6 nitrogen and oxygen atoms in total. The lowest BCUT2D eigenvalue weighted by atomic mass is 10.2. The Labute approximate surface area is 167 Å². The molecule has 1 fully saturated rings. The Balaban J connectivity index is 1.62. The summed E-state index contributed by atoms with van der Waals surface area (Å²) in [7, 11) is -3.51. The maximum atomic E-state index is 12.9.